The van der Waals surface area contributed by atoms with Crippen LogP contribution in [0.4, 0.5) is 4.39 Å². The van der Waals surface area contributed by atoms with Crippen LogP contribution in [0.15, 0.2) is 18.2 Å². The molecule has 1 aliphatic rings. The summed E-state index contributed by atoms with van der Waals surface area (Å²) in [5.74, 6) is -0.112. The van der Waals surface area contributed by atoms with Crippen LogP contribution >= 0.6 is 0 Å². The summed E-state index contributed by atoms with van der Waals surface area (Å²) in [6.45, 7) is 3.89. The Balaban J connectivity index is 2.07. The summed E-state index contributed by atoms with van der Waals surface area (Å²) in [6.07, 6.45) is 0.561. The van der Waals surface area contributed by atoms with Gasteiger partial charge < -0.3 is 5.11 Å². The highest BCUT2D eigenvalue weighted by atomic mass is 19.1. The van der Waals surface area contributed by atoms with Crippen LogP contribution in [0.25, 0.3) is 0 Å². The van der Waals surface area contributed by atoms with Crippen molar-refractivity contribution in [1.29, 1.82) is 0 Å². The third kappa shape index (κ3) is 2.36. The SMILES string of the molecule is Cc1cccc(CN2CCC(O)C2)c1F. The van der Waals surface area contributed by atoms with Gasteiger partial charge in [-0.05, 0) is 18.9 Å². The van der Waals surface area contributed by atoms with Crippen molar-refractivity contribution in [1.82, 2.24) is 4.90 Å². The molecule has 0 spiro atoms. The van der Waals surface area contributed by atoms with Crippen molar-refractivity contribution in [2.24, 2.45) is 0 Å². The highest BCUT2D eigenvalue weighted by molar-refractivity contribution is 5.24. The Bertz CT molecular complexity index is 353. The van der Waals surface area contributed by atoms with E-state index in [0.29, 0.717) is 18.7 Å². The molecule has 0 saturated carbocycles. The van der Waals surface area contributed by atoms with E-state index < -0.39 is 0 Å². The Hall–Kier alpha value is -0.930. The molecule has 0 radical (unpaired) electrons. The lowest BCUT2D eigenvalue weighted by Crippen LogP contribution is -2.22. The van der Waals surface area contributed by atoms with E-state index in [0.717, 1.165) is 18.5 Å². The number of aliphatic hydroxyl groups is 1. The number of aryl methyl sites for hydroxylation is 1. The first-order valence-electron chi connectivity index (χ1n) is 5.31. The lowest BCUT2D eigenvalue weighted by Gasteiger charge is -2.15. The van der Waals surface area contributed by atoms with Gasteiger partial charge in [-0.25, -0.2) is 4.39 Å². The number of halogens is 1. The Kier molecular flexibility index (Phi) is 3.03. The van der Waals surface area contributed by atoms with Crippen molar-refractivity contribution >= 4 is 0 Å². The van der Waals surface area contributed by atoms with Crippen LogP contribution in [0.1, 0.15) is 17.5 Å². The van der Waals surface area contributed by atoms with Crippen molar-refractivity contribution in [3.63, 3.8) is 0 Å². The molecule has 0 amide bonds. The maximum Gasteiger partial charge on any atom is 0.130 e. The van der Waals surface area contributed by atoms with Crippen LogP contribution in [0.5, 0.6) is 0 Å². The van der Waals surface area contributed by atoms with Gasteiger partial charge in [-0.15, -0.1) is 0 Å². The van der Waals surface area contributed by atoms with Gasteiger partial charge >= 0.3 is 0 Å². The average molecular weight is 209 g/mol. The van der Waals surface area contributed by atoms with Crippen molar-refractivity contribution in [3.05, 3.63) is 35.1 Å². The summed E-state index contributed by atoms with van der Waals surface area (Å²) in [7, 11) is 0. The zero-order chi connectivity index (χ0) is 10.8. The molecule has 1 aromatic rings. The molecule has 1 aromatic carbocycles. The van der Waals surface area contributed by atoms with E-state index in [4.69, 9.17) is 0 Å². The van der Waals surface area contributed by atoms with Crippen LogP contribution in [-0.4, -0.2) is 29.2 Å². The Morgan fingerprint density at radius 2 is 2.33 bits per heavy atom. The normalized spacial score (nSPS) is 22.2. The standard InChI is InChI=1S/C12H16FNO/c1-9-3-2-4-10(12(9)13)7-14-6-5-11(15)8-14/h2-4,11,15H,5-8H2,1H3. The molecule has 1 fully saturated rings. The number of rotatable bonds is 2. The van der Waals surface area contributed by atoms with Gasteiger partial charge in [0.1, 0.15) is 5.82 Å². The number of hydrogen-bond donors (Lipinski definition) is 1. The van der Waals surface area contributed by atoms with Crippen molar-refractivity contribution in [2.75, 3.05) is 13.1 Å². The molecule has 1 atom stereocenters. The molecule has 1 aliphatic heterocycles. The molecule has 2 nitrogen and oxygen atoms in total. The van der Waals surface area contributed by atoms with Gasteiger partial charge in [0.25, 0.3) is 0 Å². The molecule has 1 N–H and O–H groups in total. The lowest BCUT2D eigenvalue weighted by molar-refractivity contribution is 0.174. The smallest absolute Gasteiger partial charge is 0.130 e. The fraction of sp³-hybridized carbons (Fsp3) is 0.500. The first kappa shape index (κ1) is 10.6. The summed E-state index contributed by atoms with van der Waals surface area (Å²) >= 11 is 0. The molecule has 1 heterocycles. The molecule has 2 rings (SSSR count). The van der Waals surface area contributed by atoms with E-state index in [1.54, 1.807) is 13.0 Å². The van der Waals surface area contributed by atoms with E-state index in [9.17, 15) is 9.50 Å². The van der Waals surface area contributed by atoms with Gasteiger partial charge in [-0.1, -0.05) is 18.2 Å². The van der Waals surface area contributed by atoms with Gasteiger partial charge in [0.2, 0.25) is 0 Å². The minimum absolute atomic E-state index is 0.112. The number of hydrogen-bond acceptors (Lipinski definition) is 2. The molecule has 0 aromatic heterocycles. The molecule has 1 saturated heterocycles. The van der Waals surface area contributed by atoms with Crippen LogP contribution in [0.3, 0.4) is 0 Å². The van der Waals surface area contributed by atoms with Crippen LogP contribution in [0.2, 0.25) is 0 Å². The number of nitrogens with zero attached hydrogens (tertiary/aromatic N) is 1. The second-order valence-electron chi connectivity index (χ2n) is 4.23. The van der Waals surface area contributed by atoms with Crippen molar-refractivity contribution in [3.8, 4) is 0 Å². The van der Waals surface area contributed by atoms with E-state index in [2.05, 4.69) is 4.90 Å². The Morgan fingerprint density at radius 3 is 3.00 bits per heavy atom. The third-order valence-electron chi connectivity index (χ3n) is 2.91. The predicted octanol–water partition coefficient (Wildman–Crippen LogP) is 1.70. The topological polar surface area (TPSA) is 23.5 Å². The summed E-state index contributed by atoms with van der Waals surface area (Å²) in [5, 5.41) is 9.37. The van der Waals surface area contributed by atoms with Gasteiger partial charge in [0.05, 0.1) is 6.10 Å². The third-order valence-corrected chi connectivity index (χ3v) is 2.91. The van der Waals surface area contributed by atoms with E-state index in [-0.39, 0.29) is 11.9 Å². The second kappa shape index (κ2) is 4.29. The van der Waals surface area contributed by atoms with Crippen LogP contribution in [-0.2, 0) is 6.54 Å². The van der Waals surface area contributed by atoms with Crippen molar-refractivity contribution < 1.29 is 9.50 Å². The maximum atomic E-state index is 13.7. The summed E-state index contributed by atoms with van der Waals surface area (Å²) in [6, 6.07) is 5.46. The Morgan fingerprint density at radius 1 is 1.53 bits per heavy atom. The van der Waals surface area contributed by atoms with E-state index in [1.807, 2.05) is 12.1 Å². The highest BCUT2D eigenvalue weighted by Crippen LogP contribution is 2.17. The van der Waals surface area contributed by atoms with Gasteiger partial charge in [-0.3, -0.25) is 4.90 Å². The fourth-order valence-corrected chi connectivity index (χ4v) is 2.03. The minimum Gasteiger partial charge on any atom is -0.392 e. The van der Waals surface area contributed by atoms with E-state index >= 15 is 0 Å². The maximum absolute atomic E-state index is 13.7. The van der Waals surface area contributed by atoms with Crippen LogP contribution < -0.4 is 0 Å². The largest absolute Gasteiger partial charge is 0.392 e. The van der Waals surface area contributed by atoms with Gasteiger partial charge in [-0.2, -0.15) is 0 Å². The number of aliphatic hydroxyl groups excluding tert-OH is 1. The minimum atomic E-state index is -0.238. The fourth-order valence-electron chi connectivity index (χ4n) is 2.03. The molecule has 0 bridgehead atoms. The zero-order valence-corrected chi connectivity index (χ0v) is 8.91. The van der Waals surface area contributed by atoms with Crippen LogP contribution in [0, 0.1) is 12.7 Å². The first-order valence-corrected chi connectivity index (χ1v) is 5.31. The number of β-amino-alcohol motifs (C(OH)–C–C–N with tert-alkyl or cyclic N) is 1. The molecule has 82 valence electrons. The quantitative estimate of drug-likeness (QED) is 0.801. The summed E-state index contributed by atoms with van der Waals surface area (Å²) < 4.78 is 13.7. The molecular weight excluding hydrogens is 193 g/mol. The van der Waals surface area contributed by atoms with Gasteiger partial charge in [0.15, 0.2) is 0 Å². The molecule has 15 heavy (non-hydrogen) atoms. The van der Waals surface area contributed by atoms with Crippen molar-refractivity contribution in [2.45, 2.75) is 26.0 Å². The zero-order valence-electron chi connectivity index (χ0n) is 8.91. The number of likely N-dealkylation sites (tertiary alicyclic amines) is 1. The highest BCUT2D eigenvalue weighted by Gasteiger charge is 2.21. The van der Waals surface area contributed by atoms with E-state index in [1.165, 1.54) is 0 Å². The average Bonchev–Trinajstić information content (AvgIpc) is 2.59. The molecule has 1 unspecified atom stereocenters. The van der Waals surface area contributed by atoms with Gasteiger partial charge in [0, 0.05) is 25.2 Å². The molecular formula is C12H16FNO. The first-order chi connectivity index (χ1) is 7.16. The second-order valence-corrected chi connectivity index (χ2v) is 4.23. The Labute approximate surface area is 89.3 Å². The lowest BCUT2D eigenvalue weighted by atomic mass is 10.1. The molecule has 3 heteroatoms. The summed E-state index contributed by atoms with van der Waals surface area (Å²) in [5.41, 5.74) is 1.41. The monoisotopic (exact) mass is 209 g/mol. The predicted molar refractivity (Wildman–Crippen MR) is 57.0 cm³/mol. The molecule has 0 aliphatic carbocycles. The number of benzene rings is 1. The summed E-state index contributed by atoms with van der Waals surface area (Å²) in [4.78, 5) is 2.09.